The van der Waals surface area contributed by atoms with Crippen LogP contribution in [-0.2, 0) is 18.9 Å². The highest BCUT2D eigenvalue weighted by Gasteiger charge is 2.12. The van der Waals surface area contributed by atoms with Gasteiger partial charge in [0.15, 0.2) is 0 Å². The van der Waals surface area contributed by atoms with E-state index in [0.29, 0.717) is 0 Å². The van der Waals surface area contributed by atoms with Gasteiger partial charge in [-0.1, -0.05) is 0 Å². The monoisotopic (exact) mass is 482 g/mol. The lowest BCUT2D eigenvalue weighted by atomic mass is 10.4. The normalized spacial score (nSPS) is 13.5. The molecule has 0 radical (unpaired) electrons. The average Bonchev–Trinajstić information content (AvgIpc) is 2.77. The lowest BCUT2D eigenvalue weighted by Gasteiger charge is -2.10. The first-order valence-electron chi connectivity index (χ1n) is 8.59. The molecule has 0 aliphatic carbocycles. The Morgan fingerprint density at radius 1 is 0.500 bits per heavy atom. The molecule has 0 aromatic carbocycles. The quantitative estimate of drug-likeness (QED) is 0.118. The summed E-state index contributed by atoms with van der Waals surface area (Å²) in [5.41, 5.74) is 0. The van der Waals surface area contributed by atoms with E-state index in [1.165, 1.54) is 0 Å². The molecule has 0 saturated heterocycles. The summed E-state index contributed by atoms with van der Waals surface area (Å²) in [6.07, 6.45) is -8.58. The summed E-state index contributed by atoms with van der Waals surface area (Å²) in [6.45, 7) is -3.62. The summed E-state index contributed by atoms with van der Waals surface area (Å²) in [5.74, 6) is 0. The first-order valence-corrected chi connectivity index (χ1v) is 8.59. The Morgan fingerprint density at radius 3 is 0.781 bits per heavy atom. The number of rotatable bonds is 12. The second-order valence-corrected chi connectivity index (χ2v) is 5.37. The van der Waals surface area contributed by atoms with Crippen molar-refractivity contribution in [2.75, 3.05) is 52.9 Å². The molecular weight excluding hydrogens is 452 g/mol. The van der Waals surface area contributed by atoms with Crippen molar-refractivity contribution in [1.29, 1.82) is 0 Å². The first kappa shape index (κ1) is 34.1. The fourth-order valence-electron chi connectivity index (χ4n) is 0.951. The van der Waals surface area contributed by atoms with Crippen LogP contribution in [0.15, 0.2) is 0 Å². The predicted molar refractivity (Wildman–Crippen MR) is 97.6 cm³/mol. The molecule has 0 aromatic rings. The van der Waals surface area contributed by atoms with E-state index < -0.39 is 69.3 Å². The number of aliphatic hydroxyl groups is 8. The summed E-state index contributed by atoms with van der Waals surface area (Å²) in [7, 11) is 0. The molecule has 0 spiro atoms. The fraction of sp³-hybridized carbons (Fsp3) is 0.800. The van der Waals surface area contributed by atoms with Crippen LogP contribution in [0.25, 0.3) is 0 Å². The fourth-order valence-corrected chi connectivity index (χ4v) is 0.951. The summed E-state index contributed by atoms with van der Waals surface area (Å²) >= 11 is 0. The van der Waals surface area contributed by atoms with Gasteiger partial charge >= 0.3 is 18.5 Å². The van der Waals surface area contributed by atoms with Crippen molar-refractivity contribution in [2.24, 2.45) is 0 Å². The summed E-state index contributed by atoms with van der Waals surface area (Å²) in [6, 6.07) is 0. The third-order valence-electron chi connectivity index (χ3n) is 2.42. The van der Waals surface area contributed by atoms with Crippen LogP contribution in [0.2, 0.25) is 0 Å². The van der Waals surface area contributed by atoms with E-state index in [1.54, 1.807) is 0 Å². The van der Waals surface area contributed by atoms with Gasteiger partial charge in [0.2, 0.25) is 0 Å². The Bertz CT molecular complexity index is 401. The number of carbonyl (C=O) groups is 3. The maximum atomic E-state index is 10.7. The maximum absolute atomic E-state index is 10.7. The Hall–Kier alpha value is -2.51. The molecule has 4 unspecified atom stereocenters. The van der Waals surface area contributed by atoms with Crippen LogP contribution in [0, 0.1) is 0 Å². The predicted octanol–water partition coefficient (Wildman–Crippen LogP) is -4.09. The molecule has 0 heterocycles. The van der Waals surface area contributed by atoms with E-state index in [1.807, 2.05) is 0 Å². The first-order chi connectivity index (χ1) is 14.9. The highest BCUT2D eigenvalue weighted by atomic mass is 16.7. The van der Waals surface area contributed by atoms with Gasteiger partial charge in [0.05, 0.1) is 26.4 Å². The van der Waals surface area contributed by atoms with Gasteiger partial charge in [0.1, 0.15) is 50.8 Å². The van der Waals surface area contributed by atoms with E-state index >= 15 is 0 Å². The zero-order valence-corrected chi connectivity index (χ0v) is 16.8. The third-order valence-corrected chi connectivity index (χ3v) is 2.42. The molecule has 10 N–H and O–H groups in total. The topological polar surface area (TPSA) is 290 Å². The second kappa shape index (κ2) is 23.2. The lowest BCUT2D eigenvalue weighted by Crippen LogP contribution is -2.25. The van der Waals surface area contributed by atoms with Crippen molar-refractivity contribution in [2.45, 2.75) is 24.4 Å². The molecule has 17 heteroatoms. The Labute approximate surface area is 181 Å². The Balaban J connectivity index is -0.000000450. The van der Waals surface area contributed by atoms with Gasteiger partial charge in [0, 0.05) is 0 Å². The van der Waals surface area contributed by atoms with Crippen LogP contribution >= 0.6 is 0 Å². The standard InChI is InChI=1S/2C7H14O7.CH2O3/c2*8-1-5(10)3-13-7(12)14-4-6(11)2-9;2-1(3)4/h2*5-6,8-11H,1-4H2;(H2,2,3,4). The molecule has 0 amide bonds. The van der Waals surface area contributed by atoms with Crippen LogP contribution < -0.4 is 0 Å². The minimum absolute atomic E-state index is 0.384. The Morgan fingerprint density at radius 2 is 0.656 bits per heavy atom. The largest absolute Gasteiger partial charge is 0.508 e. The van der Waals surface area contributed by atoms with Crippen molar-refractivity contribution in [3.63, 3.8) is 0 Å². The van der Waals surface area contributed by atoms with Crippen LogP contribution in [-0.4, -0.2) is 147 Å². The van der Waals surface area contributed by atoms with Crippen LogP contribution in [0.3, 0.4) is 0 Å². The van der Waals surface area contributed by atoms with E-state index in [2.05, 4.69) is 18.9 Å². The molecule has 192 valence electrons. The highest BCUT2D eigenvalue weighted by Crippen LogP contribution is 1.92. The number of ether oxygens (including phenoxy) is 4. The number of aliphatic hydroxyl groups excluding tert-OH is 8. The van der Waals surface area contributed by atoms with Crippen molar-refractivity contribution in [1.82, 2.24) is 0 Å². The average molecular weight is 482 g/mol. The van der Waals surface area contributed by atoms with E-state index in [9.17, 15) is 9.59 Å². The molecular formula is C15H30O17. The molecule has 0 aliphatic rings. The molecule has 0 aliphatic heterocycles. The summed E-state index contributed by atoms with van der Waals surface area (Å²) < 4.78 is 17.3. The summed E-state index contributed by atoms with van der Waals surface area (Å²) in [4.78, 5) is 29.9. The van der Waals surface area contributed by atoms with Gasteiger partial charge in [-0.15, -0.1) is 0 Å². The van der Waals surface area contributed by atoms with Gasteiger partial charge in [-0.05, 0) is 0 Å². The van der Waals surface area contributed by atoms with Crippen molar-refractivity contribution >= 4 is 18.5 Å². The lowest BCUT2D eigenvalue weighted by molar-refractivity contribution is -0.0217. The van der Waals surface area contributed by atoms with Gasteiger partial charge in [-0.3, -0.25) is 0 Å². The van der Waals surface area contributed by atoms with Crippen LogP contribution in [0.5, 0.6) is 0 Å². The van der Waals surface area contributed by atoms with Gasteiger partial charge in [-0.2, -0.15) is 0 Å². The van der Waals surface area contributed by atoms with Crippen molar-refractivity contribution in [3.05, 3.63) is 0 Å². The minimum atomic E-state index is -1.83. The second-order valence-electron chi connectivity index (χ2n) is 5.37. The molecule has 0 bridgehead atoms. The molecule has 32 heavy (non-hydrogen) atoms. The molecule has 4 atom stereocenters. The van der Waals surface area contributed by atoms with Crippen molar-refractivity contribution in [3.8, 4) is 0 Å². The zero-order chi connectivity index (χ0) is 25.5. The Kier molecular flexibility index (Phi) is 24.7. The summed E-state index contributed by atoms with van der Waals surface area (Å²) in [5, 5.41) is 82.4. The molecule has 17 nitrogen and oxygen atoms in total. The van der Waals surface area contributed by atoms with E-state index in [4.69, 9.17) is 55.9 Å². The van der Waals surface area contributed by atoms with E-state index in [0.717, 1.165) is 0 Å². The van der Waals surface area contributed by atoms with Crippen molar-refractivity contribution < 1.29 is 84.4 Å². The van der Waals surface area contributed by atoms with E-state index in [-0.39, 0.29) is 26.4 Å². The molecule has 0 saturated carbocycles. The number of carbonyl (C=O) groups excluding carboxylic acids is 2. The zero-order valence-electron chi connectivity index (χ0n) is 16.8. The smallest absolute Gasteiger partial charge is 0.450 e. The van der Waals surface area contributed by atoms with Gasteiger partial charge in [0.25, 0.3) is 0 Å². The number of carboxylic acid groups (broad SMARTS) is 2. The molecule has 0 fully saturated rings. The SMILES string of the molecule is O=C(O)O.O=C(OCC(O)CO)OCC(O)CO.O=C(OCC(O)CO)OCC(O)CO. The third kappa shape index (κ3) is 29.7. The number of hydrogen-bond donors (Lipinski definition) is 10. The molecule has 0 aromatic heterocycles. The van der Waals surface area contributed by atoms with Crippen LogP contribution in [0.4, 0.5) is 14.4 Å². The van der Waals surface area contributed by atoms with Crippen LogP contribution in [0.1, 0.15) is 0 Å². The minimum Gasteiger partial charge on any atom is -0.450 e. The van der Waals surface area contributed by atoms with Gasteiger partial charge < -0.3 is 70.0 Å². The van der Waals surface area contributed by atoms with Gasteiger partial charge in [-0.25, -0.2) is 14.4 Å². The maximum Gasteiger partial charge on any atom is 0.508 e. The molecule has 0 rings (SSSR count). The number of hydrogen-bond acceptors (Lipinski definition) is 15. The highest BCUT2D eigenvalue weighted by molar-refractivity contribution is 5.60.